The van der Waals surface area contributed by atoms with Crippen LogP contribution >= 0.6 is 0 Å². The molecule has 1 unspecified atom stereocenters. The Labute approximate surface area is 162 Å². The number of rotatable bonds is 7. The molecular formula is C21H32N2O4. The number of nitrogens with zero attached hydrogens (tertiary/aromatic N) is 2. The topological polar surface area (TPSA) is 51.2 Å². The Morgan fingerprint density at radius 1 is 1.15 bits per heavy atom. The van der Waals surface area contributed by atoms with Crippen molar-refractivity contribution in [3.63, 3.8) is 0 Å². The van der Waals surface area contributed by atoms with E-state index in [1.54, 1.807) is 14.2 Å². The highest BCUT2D eigenvalue weighted by Crippen LogP contribution is 2.30. The molecule has 1 amide bonds. The van der Waals surface area contributed by atoms with E-state index >= 15 is 0 Å². The molecule has 2 aliphatic heterocycles. The number of benzene rings is 1. The fraction of sp³-hybridized carbons (Fsp3) is 0.667. The van der Waals surface area contributed by atoms with Crippen molar-refractivity contribution in [3.05, 3.63) is 23.8 Å². The molecule has 3 rings (SSSR count). The molecule has 1 atom stereocenters. The van der Waals surface area contributed by atoms with E-state index in [1.807, 2.05) is 23.1 Å². The summed E-state index contributed by atoms with van der Waals surface area (Å²) in [5.74, 6) is 1.43. The zero-order valence-corrected chi connectivity index (χ0v) is 16.8. The summed E-state index contributed by atoms with van der Waals surface area (Å²) in [6, 6.07) is 5.94. The normalized spacial score (nSPS) is 19.9. The smallest absolute Gasteiger partial charge is 0.257 e. The van der Waals surface area contributed by atoms with E-state index in [9.17, 15) is 4.79 Å². The quantitative estimate of drug-likeness (QED) is 0.732. The molecule has 0 saturated carbocycles. The number of piperidine rings is 1. The highest BCUT2D eigenvalue weighted by Gasteiger charge is 2.27. The van der Waals surface area contributed by atoms with Crippen LogP contribution in [0.1, 0.15) is 43.0 Å². The predicted molar refractivity (Wildman–Crippen MR) is 105 cm³/mol. The van der Waals surface area contributed by atoms with Gasteiger partial charge >= 0.3 is 0 Å². The number of carbonyl (C=O) groups is 1. The molecule has 6 nitrogen and oxygen atoms in total. The molecule has 0 aliphatic carbocycles. The standard InChI is InChI=1S/C21H32N2O4/c1-16(15-25-2)22-12-8-17(9-13-22)27-20-14-18(26-3)6-7-19(20)21(24)23-10-4-5-11-23/h6-7,14,16-17H,4-5,8-13,15H2,1-3H3. The second-order valence-corrected chi connectivity index (χ2v) is 7.52. The van der Waals surface area contributed by atoms with Crippen LogP contribution in [-0.2, 0) is 4.74 Å². The van der Waals surface area contributed by atoms with E-state index in [2.05, 4.69) is 11.8 Å². The van der Waals surface area contributed by atoms with Crippen LogP contribution in [-0.4, -0.2) is 74.9 Å². The van der Waals surface area contributed by atoms with Gasteiger partial charge in [-0.25, -0.2) is 0 Å². The molecule has 6 heteroatoms. The van der Waals surface area contributed by atoms with Gasteiger partial charge in [0, 0.05) is 45.4 Å². The van der Waals surface area contributed by atoms with Crippen molar-refractivity contribution in [3.8, 4) is 11.5 Å². The Balaban J connectivity index is 1.67. The maximum absolute atomic E-state index is 12.9. The maximum Gasteiger partial charge on any atom is 0.257 e. The molecule has 0 N–H and O–H groups in total. The third-order valence-corrected chi connectivity index (χ3v) is 5.61. The molecule has 0 radical (unpaired) electrons. The first-order valence-electron chi connectivity index (χ1n) is 9.99. The molecule has 1 aromatic rings. The molecule has 0 bridgehead atoms. The summed E-state index contributed by atoms with van der Waals surface area (Å²) in [6.45, 7) is 6.57. The van der Waals surface area contributed by atoms with Gasteiger partial charge in [-0.05, 0) is 44.7 Å². The SMILES string of the molecule is COCC(C)N1CCC(Oc2cc(OC)ccc2C(=O)N2CCCC2)CC1. The lowest BCUT2D eigenvalue weighted by molar-refractivity contribution is 0.0466. The summed E-state index contributed by atoms with van der Waals surface area (Å²) < 4.78 is 16.9. The Kier molecular flexibility index (Phi) is 6.96. The highest BCUT2D eigenvalue weighted by molar-refractivity contribution is 5.97. The van der Waals surface area contributed by atoms with Crippen LogP contribution < -0.4 is 9.47 Å². The van der Waals surface area contributed by atoms with Gasteiger partial charge in [-0.3, -0.25) is 9.69 Å². The van der Waals surface area contributed by atoms with Crippen LogP contribution in [0.15, 0.2) is 18.2 Å². The fourth-order valence-corrected chi connectivity index (χ4v) is 3.95. The molecular weight excluding hydrogens is 344 g/mol. The second-order valence-electron chi connectivity index (χ2n) is 7.52. The van der Waals surface area contributed by atoms with Crippen molar-refractivity contribution in [2.45, 2.75) is 44.8 Å². The number of hydrogen-bond acceptors (Lipinski definition) is 5. The first-order chi connectivity index (χ1) is 13.1. The molecule has 2 saturated heterocycles. The average molecular weight is 376 g/mol. The second kappa shape index (κ2) is 9.42. The Morgan fingerprint density at radius 2 is 1.85 bits per heavy atom. The van der Waals surface area contributed by atoms with Gasteiger partial charge in [0.25, 0.3) is 5.91 Å². The number of ether oxygens (including phenoxy) is 3. The van der Waals surface area contributed by atoms with Crippen LogP contribution in [0.2, 0.25) is 0 Å². The van der Waals surface area contributed by atoms with Crippen LogP contribution in [0.25, 0.3) is 0 Å². The predicted octanol–water partition coefficient (Wildman–Crippen LogP) is 2.81. The van der Waals surface area contributed by atoms with E-state index in [4.69, 9.17) is 14.2 Å². The molecule has 150 valence electrons. The van der Waals surface area contributed by atoms with Crippen LogP contribution in [0.5, 0.6) is 11.5 Å². The molecule has 2 fully saturated rings. The zero-order chi connectivity index (χ0) is 19.2. The van der Waals surface area contributed by atoms with Gasteiger partial charge in [-0.2, -0.15) is 0 Å². The lowest BCUT2D eigenvalue weighted by atomic mass is 10.1. The summed E-state index contributed by atoms with van der Waals surface area (Å²) >= 11 is 0. The number of carbonyl (C=O) groups excluding carboxylic acids is 1. The van der Waals surface area contributed by atoms with E-state index in [0.29, 0.717) is 23.1 Å². The molecule has 0 aromatic heterocycles. The summed E-state index contributed by atoms with van der Waals surface area (Å²) in [4.78, 5) is 17.3. The van der Waals surface area contributed by atoms with Crippen molar-refractivity contribution >= 4 is 5.91 Å². The number of likely N-dealkylation sites (tertiary alicyclic amines) is 2. The third-order valence-electron chi connectivity index (χ3n) is 5.61. The van der Waals surface area contributed by atoms with Gasteiger partial charge < -0.3 is 19.1 Å². The molecule has 2 aliphatic rings. The van der Waals surface area contributed by atoms with Gasteiger partial charge in [0.2, 0.25) is 0 Å². The molecule has 2 heterocycles. The lowest BCUT2D eigenvalue weighted by Gasteiger charge is -2.36. The first-order valence-corrected chi connectivity index (χ1v) is 9.99. The van der Waals surface area contributed by atoms with Gasteiger partial charge in [0.1, 0.15) is 17.6 Å². The van der Waals surface area contributed by atoms with Crippen molar-refractivity contribution in [2.75, 3.05) is 47.0 Å². The number of amides is 1. The maximum atomic E-state index is 12.9. The number of hydrogen-bond donors (Lipinski definition) is 0. The van der Waals surface area contributed by atoms with Crippen LogP contribution in [0.3, 0.4) is 0 Å². The Bertz CT molecular complexity index is 623. The zero-order valence-electron chi connectivity index (χ0n) is 16.8. The third kappa shape index (κ3) is 4.93. The molecule has 0 spiro atoms. The molecule has 1 aromatic carbocycles. The van der Waals surface area contributed by atoms with Crippen molar-refractivity contribution in [1.82, 2.24) is 9.80 Å². The first kappa shape index (κ1) is 20.0. The van der Waals surface area contributed by atoms with Crippen LogP contribution in [0.4, 0.5) is 0 Å². The van der Waals surface area contributed by atoms with Crippen molar-refractivity contribution in [1.29, 1.82) is 0 Å². The fourth-order valence-electron chi connectivity index (χ4n) is 3.95. The van der Waals surface area contributed by atoms with Crippen molar-refractivity contribution < 1.29 is 19.0 Å². The largest absolute Gasteiger partial charge is 0.497 e. The minimum absolute atomic E-state index is 0.0660. The molecule has 27 heavy (non-hydrogen) atoms. The van der Waals surface area contributed by atoms with E-state index in [0.717, 1.165) is 58.5 Å². The summed E-state index contributed by atoms with van der Waals surface area (Å²) in [5, 5.41) is 0. The summed E-state index contributed by atoms with van der Waals surface area (Å²) in [7, 11) is 3.38. The number of methoxy groups -OCH3 is 2. The average Bonchev–Trinajstić information content (AvgIpc) is 3.23. The highest BCUT2D eigenvalue weighted by atomic mass is 16.5. The van der Waals surface area contributed by atoms with Crippen LogP contribution in [0, 0.1) is 0 Å². The Morgan fingerprint density at radius 3 is 2.48 bits per heavy atom. The van der Waals surface area contributed by atoms with Gasteiger partial charge in [0.15, 0.2) is 0 Å². The lowest BCUT2D eigenvalue weighted by Crippen LogP contribution is -2.44. The van der Waals surface area contributed by atoms with Gasteiger partial charge in [0.05, 0.1) is 19.3 Å². The monoisotopic (exact) mass is 376 g/mol. The van der Waals surface area contributed by atoms with E-state index in [1.165, 1.54) is 0 Å². The van der Waals surface area contributed by atoms with Crippen molar-refractivity contribution in [2.24, 2.45) is 0 Å². The summed E-state index contributed by atoms with van der Waals surface area (Å²) in [5.41, 5.74) is 0.646. The van der Waals surface area contributed by atoms with E-state index in [-0.39, 0.29) is 12.0 Å². The van der Waals surface area contributed by atoms with Gasteiger partial charge in [-0.1, -0.05) is 0 Å². The Hall–Kier alpha value is -1.79. The minimum Gasteiger partial charge on any atom is -0.497 e. The van der Waals surface area contributed by atoms with E-state index < -0.39 is 0 Å². The van der Waals surface area contributed by atoms with Gasteiger partial charge in [-0.15, -0.1) is 0 Å². The minimum atomic E-state index is 0.0660. The summed E-state index contributed by atoms with van der Waals surface area (Å²) in [6.07, 6.45) is 4.17.